The summed E-state index contributed by atoms with van der Waals surface area (Å²) in [5, 5.41) is 11.5. The van der Waals surface area contributed by atoms with Crippen molar-refractivity contribution in [3.05, 3.63) is 29.8 Å². The fourth-order valence-electron chi connectivity index (χ4n) is 1.37. The number of rotatable bonds is 5. The maximum absolute atomic E-state index is 11.6. The van der Waals surface area contributed by atoms with Gasteiger partial charge in [-0.2, -0.15) is 0 Å². The van der Waals surface area contributed by atoms with Gasteiger partial charge in [0.15, 0.2) is 0 Å². The van der Waals surface area contributed by atoms with Gasteiger partial charge in [-0.3, -0.25) is 9.59 Å². The van der Waals surface area contributed by atoms with Gasteiger partial charge in [-0.15, -0.1) is 0 Å². The Morgan fingerprint density at radius 3 is 2.39 bits per heavy atom. The van der Waals surface area contributed by atoms with Gasteiger partial charge < -0.3 is 21.9 Å². The van der Waals surface area contributed by atoms with Gasteiger partial charge in [-0.1, -0.05) is 12.1 Å². The van der Waals surface area contributed by atoms with E-state index in [-0.39, 0.29) is 5.75 Å². The van der Waals surface area contributed by atoms with E-state index in [0.717, 1.165) is 5.56 Å². The Morgan fingerprint density at radius 2 is 1.89 bits per heavy atom. The van der Waals surface area contributed by atoms with Crippen LogP contribution in [0.25, 0.3) is 0 Å². The molecule has 0 heterocycles. The van der Waals surface area contributed by atoms with Crippen LogP contribution in [0.5, 0.6) is 5.75 Å². The van der Waals surface area contributed by atoms with Crippen molar-refractivity contribution in [2.45, 2.75) is 25.4 Å². The Morgan fingerprint density at radius 1 is 1.33 bits per heavy atom. The molecule has 0 aliphatic rings. The molecule has 0 unspecified atom stereocenters. The summed E-state index contributed by atoms with van der Waals surface area (Å²) in [6, 6.07) is 4.89. The first kappa shape index (κ1) is 14.0. The highest BCUT2D eigenvalue weighted by Crippen LogP contribution is 2.10. The number of phenolic OH excluding ortho intramolecular Hbond substituents is 1. The molecule has 0 saturated heterocycles. The molecule has 1 aromatic rings. The average Bonchev–Trinajstić information content (AvgIpc) is 2.31. The molecule has 0 aliphatic heterocycles. The summed E-state index contributed by atoms with van der Waals surface area (Å²) in [5.41, 5.74) is 11.6. The van der Waals surface area contributed by atoms with E-state index in [2.05, 4.69) is 5.32 Å². The number of benzene rings is 1. The van der Waals surface area contributed by atoms with Crippen molar-refractivity contribution >= 4 is 11.8 Å². The van der Waals surface area contributed by atoms with E-state index < -0.39 is 23.9 Å². The molecule has 0 fully saturated rings. The molecule has 6 heteroatoms. The number of aromatic hydroxyl groups is 1. The van der Waals surface area contributed by atoms with Crippen LogP contribution < -0.4 is 16.8 Å². The third-order valence-corrected chi connectivity index (χ3v) is 2.51. The van der Waals surface area contributed by atoms with Crippen molar-refractivity contribution in [1.82, 2.24) is 5.32 Å². The summed E-state index contributed by atoms with van der Waals surface area (Å²) in [6.07, 6.45) is 0.317. The maximum atomic E-state index is 11.6. The maximum Gasteiger partial charge on any atom is 0.239 e. The van der Waals surface area contributed by atoms with Crippen LogP contribution in [0.3, 0.4) is 0 Å². The second kappa shape index (κ2) is 6.02. The third-order valence-electron chi connectivity index (χ3n) is 2.51. The summed E-state index contributed by atoms with van der Waals surface area (Å²) >= 11 is 0. The van der Waals surface area contributed by atoms with E-state index in [4.69, 9.17) is 16.6 Å². The van der Waals surface area contributed by atoms with Crippen molar-refractivity contribution in [3.8, 4) is 5.75 Å². The summed E-state index contributed by atoms with van der Waals surface area (Å²) in [7, 11) is 0. The Labute approximate surface area is 105 Å². The number of carbonyl (C=O) groups excluding carboxylic acids is 2. The predicted octanol–water partition coefficient (Wildman–Crippen LogP) is -0.748. The SMILES string of the molecule is C[C@@H](NC(=O)[C@@H](N)Cc1ccc(O)cc1)C(N)=O. The molecule has 0 bridgehead atoms. The minimum absolute atomic E-state index is 0.152. The second-order valence-electron chi connectivity index (χ2n) is 4.11. The zero-order valence-electron chi connectivity index (χ0n) is 10.1. The van der Waals surface area contributed by atoms with Crippen LogP contribution in [0.15, 0.2) is 24.3 Å². The molecule has 0 spiro atoms. The molecule has 6 N–H and O–H groups in total. The number of phenols is 1. The van der Waals surface area contributed by atoms with Crippen LogP contribution in [0.4, 0.5) is 0 Å². The van der Waals surface area contributed by atoms with Crippen molar-refractivity contribution in [3.63, 3.8) is 0 Å². The van der Waals surface area contributed by atoms with E-state index >= 15 is 0 Å². The van der Waals surface area contributed by atoms with Gasteiger partial charge >= 0.3 is 0 Å². The van der Waals surface area contributed by atoms with Gasteiger partial charge in [0.1, 0.15) is 11.8 Å². The van der Waals surface area contributed by atoms with Crippen molar-refractivity contribution in [2.75, 3.05) is 0 Å². The Balaban J connectivity index is 2.54. The molecule has 18 heavy (non-hydrogen) atoms. The highest BCUT2D eigenvalue weighted by molar-refractivity contribution is 5.88. The molecule has 2 amide bonds. The zero-order chi connectivity index (χ0) is 13.7. The van der Waals surface area contributed by atoms with Crippen LogP contribution in [0.2, 0.25) is 0 Å². The first-order valence-electron chi connectivity index (χ1n) is 5.53. The van der Waals surface area contributed by atoms with Crippen molar-refractivity contribution in [2.24, 2.45) is 11.5 Å². The number of hydrogen-bond acceptors (Lipinski definition) is 4. The molecule has 0 saturated carbocycles. The minimum atomic E-state index is -0.767. The van der Waals surface area contributed by atoms with E-state index in [1.165, 1.54) is 19.1 Å². The second-order valence-corrected chi connectivity index (χ2v) is 4.11. The van der Waals surface area contributed by atoms with Crippen LogP contribution in [0, 0.1) is 0 Å². The highest BCUT2D eigenvalue weighted by atomic mass is 16.3. The van der Waals surface area contributed by atoms with Crippen LogP contribution in [0.1, 0.15) is 12.5 Å². The standard InChI is InChI=1S/C12H17N3O3/c1-7(11(14)17)15-12(18)10(13)6-8-2-4-9(16)5-3-8/h2-5,7,10,16H,6,13H2,1H3,(H2,14,17)(H,15,18)/t7-,10+/m1/s1. The largest absolute Gasteiger partial charge is 0.508 e. The molecular formula is C12H17N3O3. The summed E-state index contributed by atoms with van der Waals surface area (Å²) in [5.74, 6) is -0.895. The molecule has 0 aliphatic carbocycles. The number of hydrogen-bond donors (Lipinski definition) is 4. The minimum Gasteiger partial charge on any atom is -0.508 e. The van der Waals surface area contributed by atoms with E-state index in [1.807, 2.05) is 0 Å². The van der Waals surface area contributed by atoms with Gasteiger partial charge in [-0.05, 0) is 31.0 Å². The number of nitrogens with two attached hydrogens (primary N) is 2. The molecule has 2 atom stereocenters. The average molecular weight is 251 g/mol. The van der Waals surface area contributed by atoms with Crippen molar-refractivity contribution < 1.29 is 14.7 Å². The van der Waals surface area contributed by atoms with Gasteiger partial charge in [0.2, 0.25) is 11.8 Å². The molecule has 1 aromatic carbocycles. The van der Waals surface area contributed by atoms with Crippen LogP contribution in [-0.2, 0) is 16.0 Å². The fourth-order valence-corrected chi connectivity index (χ4v) is 1.37. The van der Waals surface area contributed by atoms with Gasteiger partial charge in [0.05, 0.1) is 6.04 Å². The normalized spacial score (nSPS) is 13.7. The Kier molecular flexibility index (Phi) is 4.67. The first-order chi connectivity index (χ1) is 8.40. The lowest BCUT2D eigenvalue weighted by molar-refractivity contribution is -0.127. The number of amides is 2. The zero-order valence-corrected chi connectivity index (χ0v) is 10.1. The summed E-state index contributed by atoms with van der Waals surface area (Å²) < 4.78 is 0. The fraction of sp³-hybridized carbons (Fsp3) is 0.333. The van der Waals surface area contributed by atoms with Gasteiger partial charge in [0, 0.05) is 0 Å². The lowest BCUT2D eigenvalue weighted by Gasteiger charge is -2.15. The number of primary amides is 1. The van der Waals surface area contributed by atoms with E-state index in [9.17, 15) is 9.59 Å². The van der Waals surface area contributed by atoms with Crippen LogP contribution >= 0.6 is 0 Å². The number of nitrogens with one attached hydrogen (secondary N) is 1. The lowest BCUT2D eigenvalue weighted by atomic mass is 10.1. The third kappa shape index (κ3) is 4.06. The highest BCUT2D eigenvalue weighted by Gasteiger charge is 2.18. The van der Waals surface area contributed by atoms with Gasteiger partial charge in [-0.25, -0.2) is 0 Å². The molecule has 0 radical (unpaired) electrons. The first-order valence-corrected chi connectivity index (χ1v) is 5.53. The topological polar surface area (TPSA) is 118 Å². The predicted molar refractivity (Wildman–Crippen MR) is 66.6 cm³/mol. The summed E-state index contributed by atoms with van der Waals surface area (Å²) in [6.45, 7) is 1.49. The van der Waals surface area contributed by atoms with E-state index in [1.54, 1.807) is 12.1 Å². The summed E-state index contributed by atoms with van der Waals surface area (Å²) in [4.78, 5) is 22.4. The van der Waals surface area contributed by atoms with Crippen molar-refractivity contribution in [1.29, 1.82) is 0 Å². The van der Waals surface area contributed by atoms with Crippen LogP contribution in [-0.4, -0.2) is 29.0 Å². The molecule has 6 nitrogen and oxygen atoms in total. The smallest absolute Gasteiger partial charge is 0.239 e. The molecular weight excluding hydrogens is 234 g/mol. The van der Waals surface area contributed by atoms with E-state index in [0.29, 0.717) is 6.42 Å². The molecule has 98 valence electrons. The lowest BCUT2D eigenvalue weighted by Crippen LogP contribution is -2.49. The molecule has 1 rings (SSSR count). The van der Waals surface area contributed by atoms with Gasteiger partial charge in [0.25, 0.3) is 0 Å². The Bertz CT molecular complexity index is 431. The number of carbonyl (C=O) groups is 2. The quantitative estimate of drug-likeness (QED) is 0.550. The molecule has 0 aromatic heterocycles. The Hall–Kier alpha value is -2.08. The monoisotopic (exact) mass is 251 g/mol.